The number of hydrogen-bond donors (Lipinski definition) is 2. The summed E-state index contributed by atoms with van der Waals surface area (Å²) in [5.41, 5.74) is 4.32. The van der Waals surface area contributed by atoms with Crippen LogP contribution in [-0.2, 0) is 0 Å². The molecule has 2 N–H and O–H groups in total. The highest BCUT2D eigenvalue weighted by Gasteiger charge is 2.21. The van der Waals surface area contributed by atoms with Crippen LogP contribution >= 0.6 is 0 Å². The lowest BCUT2D eigenvalue weighted by Gasteiger charge is -2.23. The van der Waals surface area contributed by atoms with Crippen LogP contribution in [0.3, 0.4) is 0 Å². The molecule has 1 saturated heterocycles. The Morgan fingerprint density at radius 1 is 1.37 bits per heavy atom. The number of hydrogen-bond acceptors (Lipinski definition) is 2. The zero-order chi connectivity index (χ0) is 13.8. The highest BCUT2D eigenvalue weighted by molar-refractivity contribution is 5.35. The lowest BCUT2D eigenvalue weighted by Crippen LogP contribution is -2.29. The molecule has 2 rings (SSSR count). The number of aryl methyl sites for hydroxylation is 1. The predicted octanol–water partition coefficient (Wildman–Crippen LogP) is 3.52. The van der Waals surface area contributed by atoms with E-state index >= 15 is 0 Å². The van der Waals surface area contributed by atoms with Crippen molar-refractivity contribution in [3.05, 3.63) is 34.9 Å². The Balaban J connectivity index is 2.18. The van der Waals surface area contributed by atoms with Gasteiger partial charge in [-0.1, -0.05) is 32.0 Å². The van der Waals surface area contributed by atoms with E-state index in [9.17, 15) is 0 Å². The molecule has 2 nitrogen and oxygen atoms in total. The highest BCUT2D eigenvalue weighted by Crippen LogP contribution is 2.27. The van der Waals surface area contributed by atoms with Gasteiger partial charge in [0.1, 0.15) is 0 Å². The molecule has 1 aromatic rings. The van der Waals surface area contributed by atoms with Crippen LogP contribution in [0.4, 0.5) is 0 Å². The van der Waals surface area contributed by atoms with Gasteiger partial charge >= 0.3 is 0 Å². The van der Waals surface area contributed by atoms with E-state index in [0.29, 0.717) is 18.0 Å². The molecule has 2 unspecified atom stereocenters. The van der Waals surface area contributed by atoms with Crippen molar-refractivity contribution >= 4 is 0 Å². The Kier molecular flexibility index (Phi) is 5.00. The third-order valence-corrected chi connectivity index (χ3v) is 4.38. The molecule has 0 spiro atoms. The van der Waals surface area contributed by atoms with Gasteiger partial charge in [0.15, 0.2) is 0 Å². The van der Waals surface area contributed by atoms with E-state index < -0.39 is 0 Å². The van der Waals surface area contributed by atoms with Crippen LogP contribution < -0.4 is 10.6 Å². The summed E-state index contributed by atoms with van der Waals surface area (Å²) in [5.74, 6) is 0.599. The van der Waals surface area contributed by atoms with Gasteiger partial charge in [-0.05, 0) is 62.4 Å². The van der Waals surface area contributed by atoms with Crippen LogP contribution in [0.15, 0.2) is 18.2 Å². The number of nitrogens with one attached hydrogen (secondary N) is 2. The zero-order valence-electron chi connectivity index (χ0n) is 12.8. The van der Waals surface area contributed by atoms with Crippen LogP contribution in [-0.4, -0.2) is 19.6 Å². The Morgan fingerprint density at radius 2 is 2.16 bits per heavy atom. The Labute approximate surface area is 118 Å². The van der Waals surface area contributed by atoms with Crippen molar-refractivity contribution in [2.24, 2.45) is 0 Å². The first-order chi connectivity index (χ1) is 9.11. The summed E-state index contributed by atoms with van der Waals surface area (Å²) in [6.45, 7) is 7.95. The van der Waals surface area contributed by atoms with Gasteiger partial charge in [0.25, 0.3) is 0 Å². The molecule has 106 valence electrons. The van der Waals surface area contributed by atoms with Crippen molar-refractivity contribution < 1.29 is 0 Å². The van der Waals surface area contributed by atoms with Gasteiger partial charge in [0, 0.05) is 12.1 Å². The largest absolute Gasteiger partial charge is 0.314 e. The van der Waals surface area contributed by atoms with Crippen molar-refractivity contribution in [3.63, 3.8) is 0 Å². The second-order valence-corrected chi connectivity index (χ2v) is 6.14. The summed E-state index contributed by atoms with van der Waals surface area (Å²) in [7, 11) is 2.08. The fourth-order valence-electron chi connectivity index (χ4n) is 3.04. The number of rotatable bonds is 5. The zero-order valence-corrected chi connectivity index (χ0v) is 12.8. The maximum atomic E-state index is 3.61. The molecule has 1 heterocycles. The molecule has 1 aliphatic rings. The van der Waals surface area contributed by atoms with Crippen LogP contribution in [0, 0.1) is 6.92 Å². The maximum Gasteiger partial charge on any atom is 0.0335 e. The smallest absolute Gasteiger partial charge is 0.0335 e. The first-order valence-electron chi connectivity index (χ1n) is 7.63. The second kappa shape index (κ2) is 6.53. The molecule has 0 aliphatic carbocycles. The molecule has 2 heteroatoms. The molecule has 19 heavy (non-hydrogen) atoms. The van der Waals surface area contributed by atoms with Crippen LogP contribution in [0.2, 0.25) is 0 Å². The molecule has 2 atom stereocenters. The molecular weight excluding hydrogens is 232 g/mol. The minimum absolute atomic E-state index is 0.467. The van der Waals surface area contributed by atoms with E-state index in [-0.39, 0.29) is 0 Å². The van der Waals surface area contributed by atoms with Crippen molar-refractivity contribution in [2.75, 3.05) is 13.6 Å². The molecular formula is C17H28N2. The van der Waals surface area contributed by atoms with E-state index in [0.717, 1.165) is 0 Å². The highest BCUT2D eigenvalue weighted by atomic mass is 15.0. The molecule has 0 amide bonds. The summed E-state index contributed by atoms with van der Waals surface area (Å²) in [4.78, 5) is 0. The molecule has 0 bridgehead atoms. The third-order valence-electron chi connectivity index (χ3n) is 4.38. The summed E-state index contributed by atoms with van der Waals surface area (Å²) in [5, 5.41) is 7.12. The van der Waals surface area contributed by atoms with E-state index in [1.54, 1.807) is 0 Å². The van der Waals surface area contributed by atoms with Gasteiger partial charge < -0.3 is 10.6 Å². The minimum atomic E-state index is 0.467. The van der Waals surface area contributed by atoms with Gasteiger partial charge in [-0.25, -0.2) is 0 Å². The Morgan fingerprint density at radius 3 is 2.74 bits per heavy atom. The number of benzene rings is 1. The van der Waals surface area contributed by atoms with Crippen molar-refractivity contribution in [2.45, 2.75) is 58.0 Å². The van der Waals surface area contributed by atoms with Gasteiger partial charge in [-0.2, -0.15) is 0 Å². The van der Waals surface area contributed by atoms with E-state index in [1.165, 1.54) is 42.5 Å². The average molecular weight is 260 g/mol. The first kappa shape index (κ1) is 14.5. The standard InChI is InChI=1S/C17H28N2/c1-12(2)14-8-7-13(3)16(10-14)17(18-4)11-15-6-5-9-19-15/h7-8,10,12,15,17-19H,5-6,9,11H2,1-4H3. The quantitative estimate of drug-likeness (QED) is 0.846. The van der Waals surface area contributed by atoms with E-state index in [2.05, 4.69) is 56.7 Å². The molecule has 1 aromatic carbocycles. The maximum absolute atomic E-state index is 3.61. The molecule has 0 saturated carbocycles. The second-order valence-electron chi connectivity index (χ2n) is 6.14. The fourth-order valence-corrected chi connectivity index (χ4v) is 3.04. The fraction of sp³-hybridized carbons (Fsp3) is 0.647. The molecule has 0 radical (unpaired) electrons. The first-order valence-corrected chi connectivity index (χ1v) is 7.63. The predicted molar refractivity (Wildman–Crippen MR) is 82.7 cm³/mol. The van der Waals surface area contributed by atoms with Crippen molar-refractivity contribution in [3.8, 4) is 0 Å². The summed E-state index contributed by atoms with van der Waals surface area (Å²) >= 11 is 0. The summed E-state index contributed by atoms with van der Waals surface area (Å²) in [6.07, 6.45) is 3.84. The van der Waals surface area contributed by atoms with Gasteiger partial charge in [0.2, 0.25) is 0 Å². The third kappa shape index (κ3) is 3.58. The van der Waals surface area contributed by atoms with Crippen LogP contribution in [0.25, 0.3) is 0 Å². The van der Waals surface area contributed by atoms with Crippen LogP contribution in [0.1, 0.15) is 61.8 Å². The SMILES string of the molecule is CNC(CC1CCCN1)c1cc(C(C)C)ccc1C. The molecule has 0 aromatic heterocycles. The topological polar surface area (TPSA) is 24.1 Å². The Bertz CT molecular complexity index is 406. The summed E-state index contributed by atoms with van der Waals surface area (Å²) < 4.78 is 0. The monoisotopic (exact) mass is 260 g/mol. The van der Waals surface area contributed by atoms with Gasteiger partial charge in [-0.3, -0.25) is 0 Å². The minimum Gasteiger partial charge on any atom is -0.314 e. The molecule has 1 aliphatic heterocycles. The molecule has 1 fully saturated rings. The van der Waals surface area contributed by atoms with E-state index in [4.69, 9.17) is 0 Å². The summed E-state index contributed by atoms with van der Waals surface area (Å²) in [6, 6.07) is 8.09. The van der Waals surface area contributed by atoms with Gasteiger partial charge in [-0.15, -0.1) is 0 Å². The van der Waals surface area contributed by atoms with Crippen molar-refractivity contribution in [1.82, 2.24) is 10.6 Å². The lowest BCUT2D eigenvalue weighted by atomic mass is 9.91. The van der Waals surface area contributed by atoms with Crippen molar-refractivity contribution in [1.29, 1.82) is 0 Å². The average Bonchev–Trinajstić information content (AvgIpc) is 2.89. The van der Waals surface area contributed by atoms with Gasteiger partial charge in [0.05, 0.1) is 0 Å². The lowest BCUT2D eigenvalue weighted by molar-refractivity contribution is 0.452. The Hall–Kier alpha value is -0.860. The normalized spacial score (nSPS) is 21.0. The van der Waals surface area contributed by atoms with Crippen LogP contribution in [0.5, 0.6) is 0 Å². The van der Waals surface area contributed by atoms with E-state index in [1.807, 2.05) is 0 Å².